The van der Waals surface area contributed by atoms with E-state index in [9.17, 15) is 12.8 Å². The third kappa shape index (κ3) is 3.79. The molecule has 0 spiro atoms. The van der Waals surface area contributed by atoms with Crippen molar-refractivity contribution in [2.45, 2.75) is 43.5 Å². The van der Waals surface area contributed by atoms with Crippen LogP contribution < -0.4 is 0 Å². The topological polar surface area (TPSA) is 37.4 Å². The molecule has 0 amide bonds. The van der Waals surface area contributed by atoms with Gasteiger partial charge in [0.2, 0.25) is 0 Å². The summed E-state index contributed by atoms with van der Waals surface area (Å²) >= 11 is 0. The molecule has 1 aliphatic carbocycles. The number of sulfone groups is 1. The molecular weight excluding hydrogens is 277 g/mol. The molecule has 0 aromatic heterocycles. The van der Waals surface area contributed by atoms with Gasteiger partial charge in [0.25, 0.3) is 0 Å². The molecule has 2 rings (SSSR count). The molecule has 0 aliphatic heterocycles. The van der Waals surface area contributed by atoms with Crippen LogP contribution in [0.25, 0.3) is 0 Å². The van der Waals surface area contributed by atoms with Crippen LogP contribution in [0.5, 0.6) is 0 Å². The van der Waals surface area contributed by atoms with E-state index in [0.29, 0.717) is 6.54 Å². The van der Waals surface area contributed by atoms with Gasteiger partial charge in [0.05, 0.1) is 5.25 Å². The molecule has 3 nitrogen and oxygen atoms in total. The van der Waals surface area contributed by atoms with Crippen molar-refractivity contribution < 1.29 is 12.8 Å². The molecule has 20 heavy (non-hydrogen) atoms. The largest absolute Gasteiger partial charge is 0.298 e. The zero-order valence-electron chi connectivity index (χ0n) is 12.0. The molecular formula is C15H22FNO2S. The second kappa shape index (κ2) is 6.22. The fourth-order valence-electron chi connectivity index (χ4n) is 3.12. The van der Waals surface area contributed by atoms with E-state index in [0.717, 1.165) is 31.2 Å². The van der Waals surface area contributed by atoms with Crippen LogP contribution in [0.3, 0.4) is 0 Å². The summed E-state index contributed by atoms with van der Waals surface area (Å²) in [6.45, 7) is 0.578. The smallest absolute Gasteiger partial charge is 0.151 e. The fraction of sp³-hybridized carbons (Fsp3) is 0.600. The van der Waals surface area contributed by atoms with Crippen molar-refractivity contribution in [1.29, 1.82) is 0 Å². The Hall–Kier alpha value is -0.940. The van der Waals surface area contributed by atoms with Gasteiger partial charge < -0.3 is 0 Å². The summed E-state index contributed by atoms with van der Waals surface area (Å²) in [6.07, 6.45) is 4.98. The van der Waals surface area contributed by atoms with Crippen molar-refractivity contribution >= 4 is 9.84 Å². The lowest BCUT2D eigenvalue weighted by Gasteiger charge is -2.37. The van der Waals surface area contributed by atoms with Crippen molar-refractivity contribution in [1.82, 2.24) is 4.90 Å². The molecule has 112 valence electrons. The average Bonchev–Trinajstić information content (AvgIpc) is 2.37. The third-order valence-corrected chi connectivity index (χ3v) is 5.75. The van der Waals surface area contributed by atoms with Crippen molar-refractivity contribution in [3.05, 3.63) is 35.6 Å². The number of nitrogens with zero attached hydrogens (tertiary/aromatic N) is 1. The maximum Gasteiger partial charge on any atom is 0.151 e. The first-order chi connectivity index (χ1) is 9.38. The van der Waals surface area contributed by atoms with Crippen LogP contribution in [-0.2, 0) is 16.4 Å². The summed E-state index contributed by atoms with van der Waals surface area (Å²) in [5.74, 6) is -0.251. The molecule has 5 heteroatoms. The molecule has 0 unspecified atom stereocenters. The molecule has 1 fully saturated rings. The minimum Gasteiger partial charge on any atom is -0.298 e. The van der Waals surface area contributed by atoms with E-state index in [2.05, 4.69) is 4.90 Å². The van der Waals surface area contributed by atoms with E-state index in [4.69, 9.17) is 0 Å². The highest BCUT2D eigenvalue weighted by Crippen LogP contribution is 2.28. The van der Waals surface area contributed by atoms with Crippen LogP contribution >= 0.6 is 0 Å². The monoisotopic (exact) mass is 299 g/mol. The zero-order chi connectivity index (χ0) is 14.8. The number of hydrogen-bond donors (Lipinski definition) is 0. The van der Waals surface area contributed by atoms with Gasteiger partial charge in [-0.3, -0.25) is 4.90 Å². The van der Waals surface area contributed by atoms with Gasteiger partial charge in [-0.25, -0.2) is 12.8 Å². The van der Waals surface area contributed by atoms with E-state index in [1.54, 1.807) is 6.07 Å². The lowest BCUT2D eigenvalue weighted by atomic mass is 9.93. The lowest BCUT2D eigenvalue weighted by molar-refractivity contribution is 0.187. The molecule has 2 atom stereocenters. The van der Waals surface area contributed by atoms with Crippen molar-refractivity contribution in [3.63, 3.8) is 0 Å². The third-order valence-electron chi connectivity index (χ3n) is 4.10. The standard InChI is InChI=1S/C15H22FNO2S/c1-17(11-12-6-5-7-13(16)10-12)14-8-3-4-9-15(14)20(2,18)19/h5-7,10,14-15H,3-4,8-9,11H2,1-2H3/t14-,15+/m0/s1. The van der Waals surface area contributed by atoms with Crippen LogP contribution in [0.2, 0.25) is 0 Å². The minimum atomic E-state index is -3.04. The molecule has 0 N–H and O–H groups in total. The van der Waals surface area contributed by atoms with Gasteiger partial charge in [0.15, 0.2) is 9.84 Å². The maximum atomic E-state index is 13.2. The highest BCUT2D eigenvalue weighted by Gasteiger charge is 2.34. The number of rotatable bonds is 4. The van der Waals surface area contributed by atoms with Gasteiger partial charge >= 0.3 is 0 Å². The molecule has 1 aliphatic rings. The van der Waals surface area contributed by atoms with Crippen molar-refractivity contribution in [2.75, 3.05) is 13.3 Å². The van der Waals surface area contributed by atoms with Crippen molar-refractivity contribution in [2.24, 2.45) is 0 Å². The average molecular weight is 299 g/mol. The SMILES string of the molecule is CN(Cc1cccc(F)c1)[C@H]1CCCC[C@H]1S(C)(=O)=O. The van der Waals surface area contributed by atoms with E-state index in [1.807, 2.05) is 13.1 Å². The summed E-state index contributed by atoms with van der Waals surface area (Å²) in [6, 6.07) is 6.52. The summed E-state index contributed by atoms with van der Waals surface area (Å²) in [7, 11) is -1.11. The van der Waals surface area contributed by atoms with Crippen LogP contribution in [0.1, 0.15) is 31.2 Å². The first-order valence-corrected chi connectivity index (χ1v) is 8.97. The second-order valence-electron chi connectivity index (χ2n) is 5.76. The molecule has 1 aromatic rings. The van der Waals surface area contributed by atoms with E-state index >= 15 is 0 Å². The van der Waals surface area contributed by atoms with Gasteiger partial charge in [0, 0.05) is 18.8 Å². The zero-order valence-corrected chi connectivity index (χ0v) is 12.9. The van der Waals surface area contributed by atoms with Crippen LogP contribution in [0.15, 0.2) is 24.3 Å². The summed E-state index contributed by atoms with van der Waals surface area (Å²) in [5.41, 5.74) is 0.880. The van der Waals surface area contributed by atoms with E-state index in [-0.39, 0.29) is 17.1 Å². The molecule has 0 heterocycles. The summed E-state index contributed by atoms with van der Waals surface area (Å²) < 4.78 is 37.1. The van der Waals surface area contributed by atoms with Gasteiger partial charge in [-0.05, 0) is 37.6 Å². The lowest BCUT2D eigenvalue weighted by Crippen LogP contribution is -2.46. The van der Waals surface area contributed by atoms with Gasteiger partial charge in [-0.1, -0.05) is 25.0 Å². The molecule has 0 saturated heterocycles. The predicted molar refractivity (Wildman–Crippen MR) is 78.8 cm³/mol. The normalized spacial score (nSPS) is 24.0. The highest BCUT2D eigenvalue weighted by atomic mass is 32.2. The first kappa shape index (κ1) is 15.4. The van der Waals surface area contributed by atoms with Gasteiger partial charge in [-0.2, -0.15) is 0 Å². The van der Waals surface area contributed by atoms with Crippen LogP contribution in [-0.4, -0.2) is 37.9 Å². The number of hydrogen-bond acceptors (Lipinski definition) is 3. The summed E-state index contributed by atoms with van der Waals surface area (Å²) in [5, 5.41) is -0.296. The Kier molecular flexibility index (Phi) is 4.81. The Balaban J connectivity index is 2.12. The Morgan fingerprint density at radius 3 is 2.65 bits per heavy atom. The van der Waals surface area contributed by atoms with Crippen molar-refractivity contribution in [3.8, 4) is 0 Å². The summed E-state index contributed by atoms with van der Waals surface area (Å²) in [4.78, 5) is 2.06. The van der Waals surface area contributed by atoms with Gasteiger partial charge in [-0.15, -0.1) is 0 Å². The Bertz CT molecular complexity index is 559. The molecule has 0 radical (unpaired) electrons. The predicted octanol–water partition coefficient (Wildman–Crippen LogP) is 2.61. The van der Waals surface area contributed by atoms with Gasteiger partial charge in [0.1, 0.15) is 5.82 Å². The quantitative estimate of drug-likeness (QED) is 0.857. The van der Waals surface area contributed by atoms with Crippen LogP contribution in [0, 0.1) is 5.82 Å². The number of halogens is 1. The Morgan fingerprint density at radius 1 is 1.30 bits per heavy atom. The van der Waals surface area contributed by atoms with E-state index < -0.39 is 9.84 Å². The second-order valence-corrected chi connectivity index (χ2v) is 8.03. The Morgan fingerprint density at radius 2 is 2.00 bits per heavy atom. The van der Waals surface area contributed by atoms with Crippen LogP contribution in [0.4, 0.5) is 4.39 Å². The maximum absolute atomic E-state index is 13.2. The number of benzene rings is 1. The Labute approximate surface area is 120 Å². The van der Waals surface area contributed by atoms with E-state index in [1.165, 1.54) is 18.4 Å². The molecule has 1 saturated carbocycles. The first-order valence-electron chi connectivity index (χ1n) is 7.01. The minimum absolute atomic E-state index is 0.0296. The highest BCUT2D eigenvalue weighted by molar-refractivity contribution is 7.91. The fourth-order valence-corrected chi connectivity index (χ4v) is 4.63. The molecule has 0 bridgehead atoms. The molecule has 1 aromatic carbocycles.